The molecule has 1 atom stereocenters. The number of anilines is 2. The lowest BCUT2D eigenvalue weighted by atomic mass is 10.1. The Balaban J connectivity index is 1.81. The van der Waals surface area contributed by atoms with E-state index in [0.717, 1.165) is 4.90 Å². The largest absolute Gasteiger partial charge is 0.497 e. The fourth-order valence-electron chi connectivity index (χ4n) is 3.08. The van der Waals surface area contributed by atoms with Gasteiger partial charge in [-0.05, 0) is 62.4 Å². The highest BCUT2D eigenvalue weighted by Gasteiger charge is 2.16. The van der Waals surface area contributed by atoms with Crippen LogP contribution in [-0.2, 0) is 9.59 Å². The summed E-state index contributed by atoms with van der Waals surface area (Å²) in [5.41, 5.74) is 1.86. The number of ether oxygens (including phenoxy) is 1. The number of methoxy groups -OCH3 is 1. The van der Waals surface area contributed by atoms with Crippen molar-refractivity contribution >= 4 is 29.1 Å². The third kappa shape index (κ3) is 7.42. The molecule has 2 aromatic carbocycles. The van der Waals surface area contributed by atoms with Gasteiger partial charge < -0.3 is 25.2 Å². The van der Waals surface area contributed by atoms with E-state index in [1.165, 1.54) is 0 Å². The molecular formula is C23H31N4O4+. The van der Waals surface area contributed by atoms with Gasteiger partial charge in [0.15, 0.2) is 13.1 Å². The van der Waals surface area contributed by atoms with E-state index < -0.39 is 0 Å². The molecule has 0 aromatic heterocycles. The van der Waals surface area contributed by atoms with E-state index in [2.05, 4.69) is 10.6 Å². The molecule has 3 N–H and O–H groups in total. The Bertz CT molecular complexity index is 877. The molecule has 166 valence electrons. The van der Waals surface area contributed by atoms with Crippen molar-refractivity contribution in [1.29, 1.82) is 0 Å². The Morgan fingerprint density at radius 3 is 1.71 bits per heavy atom. The first-order valence-electron chi connectivity index (χ1n) is 10.3. The Morgan fingerprint density at radius 1 is 0.839 bits per heavy atom. The second kappa shape index (κ2) is 11.7. The van der Waals surface area contributed by atoms with Gasteiger partial charge in [0.1, 0.15) is 5.75 Å². The molecule has 0 saturated carbocycles. The molecule has 31 heavy (non-hydrogen) atoms. The number of quaternary nitrogens is 1. The molecule has 0 aliphatic rings. The second-order valence-corrected chi connectivity index (χ2v) is 7.19. The number of hydrogen-bond acceptors (Lipinski definition) is 4. The first-order valence-corrected chi connectivity index (χ1v) is 10.3. The highest BCUT2D eigenvalue weighted by molar-refractivity contribution is 5.96. The fraction of sp³-hybridized carbons (Fsp3) is 0.348. The summed E-state index contributed by atoms with van der Waals surface area (Å²) in [6.07, 6.45) is 0. The van der Waals surface area contributed by atoms with Crippen molar-refractivity contribution in [2.45, 2.75) is 13.8 Å². The lowest BCUT2D eigenvalue weighted by Gasteiger charge is -2.18. The van der Waals surface area contributed by atoms with Gasteiger partial charge in [0, 0.05) is 30.0 Å². The predicted molar refractivity (Wildman–Crippen MR) is 121 cm³/mol. The number of amides is 3. The number of benzene rings is 2. The fourth-order valence-corrected chi connectivity index (χ4v) is 3.08. The summed E-state index contributed by atoms with van der Waals surface area (Å²) in [7, 11) is 3.36. The molecule has 1 unspecified atom stereocenters. The average molecular weight is 428 g/mol. The third-order valence-corrected chi connectivity index (χ3v) is 4.76. The number of carbonyl (C=O) groups excluding carboxylic acids is 3. The number of nitrogens with one attached hydrogen (secondary N) is 3. The van der Waals surface area contributed by atoms with E-state index in [1.807, 2.05) is 13.8 Å². The van der Waals surface area contributed by atoms with Crippen molar-refractivity contribution in [3.05, 3.63) is 54.1 Å². The molecule has 0 spiro atoms. The molecule has 0 saturated heterocycles. The molecule has 0 radical (unpaired) electrons. The van der Waals surface area contributed by atoms with Crippen LogP contribution in [0.5, 0.6) is 5.75 Å². The van der Waals surface area contributed by atoms with Gasteiger partial charge in [-0.25, -0.2) is 0 Å². The number of hydrogen-bond donors (Lipinski definition) is 3. The van der Waals surface area contributed by atoms with Gasteiger partial charge in [0.2, 0.25) is 0 Å². The van der Waals surface area contributed by atoms with Gasteiger partial charge >= 0.3 is 0 Å². The number of rotatable bonds is 10. The quantitative estimate of drug-likeness (QED) is 0.533. The lowest BCUT2D eigenvalue weighted by molar-refractivity contribution is -0.862. The number of likely N-dealkylation sites (N-methyl/N-ethyl adjacent to an activating group) is 1. The maximum Gasteiger partial charge on any atom is 0.279 e. The van der Waals surface area contributed by atoms with E-state index in [-0.39, 0.29) is 30.8 Å². The van der Waals surface area contributed by atoms with Gasteiger partial charge in [0.05, 0.1) is 14.2 Å². The Kier molecular flexibility index (Phi) is 9.02. The highest BCUT2D eigenvalue weighted by Crippen LogP contribution is 2.14. The second-order valence-electron chi connectivity index (χ2n) is 7.19. The molecule has 0 aliphatic carbocycles. The van der Waals surface area contributed by atoms with Crippen molar-refractivity contribution in [2.75, 3.05) is 51.0 Å². The zero-order chi connectivity index (χ0) is 22.8. The summed E-state index contributed by atoms with van der Waals surface area (Å²) >= 11 is 0. The maximum atomic E-state index is 12.3. The monoisotopic (exact) mass is 427 g/mol. The zero-order valence-corrected chi connectivity index (χ0v) is 18.5. The molecule has 0 heterocycles. The SMILES string of the molecule is CCN(CC)C(=O)c1ccc(NC(=O)C[NH+](C)CC(=O)Nc2ccc(OC)cc2)cc1. The molecule has 3 amide bonds. The molecule has 8 nitrogen and oxygen atoms in total. The van der Waals surface area contributed by atoms with E-state index in [1.54, 1.807) is 67.6 Å². The topological polar surface area (TPSA) is 92.2 Å². The third-order valence-electron chi connectivity index (χ3n) is 4.76. The summed E-state index contributed by atoms with van der Waals surface area (Å²) in [5.74, 6) is 0.282. The summed E-state index contributed by atoms with van der Waals surface area (Å²) in [5, 5.41) is 5.60. The maximum absolute atomic E-state index is 12.3. The van der Waals surface area contributed by atoms with E-state index in [9.17, 15) is 14.4 Å². The Morgan fingerprint density at radius 2 is 1.29 bits per heavy atom. The van der Waals surface area contributed by atoms with Gasteiger partial charge in [0.25, 0.3) is 17.7 Å². The normalized spacial score (nSPS) is 11.4. The minimum absolute atomic E-state index is 0.0325. The van der Waals surface area contributed by atoms with Gasteiger partial charge in [-0.2, -0.15) is 0 Å². The average Bonchev–Trinajstić information content (AvgIpc) is 2.75. The standard InChI is InChI=1S/C23H30N4O4/c1-5-27(6-2)23(30)17-7-9-18(10-8-17)24-21(28)15-26(3)16-22(29)25-19-11-13-20(31-4)14-12-19/h7-14H,5-6,15-16H2,1-4H3,(H,24,28)(H,25,29)/p+1. The van der Waals surface area contributed by atoms with Crippen LogP contribution in [0.3, 0.4) is 0 Å². The van der Waals surface area contributed by atoms with Crippen molar-refractivity contribution < 1.29 is 24.0 Å². The van der Waals surface area contributed by atoms with Gasteiger partial charge in [-0.15, -0.1) is 0 Å². The van der Waals surface area contributed by atoms with Crippen molar-refractivity contribution in [3.8, 4) is 5.75 Å². The molecular weight excluding hydrogens is 396 g/mol. The van der Waals surface area contributed by atoms with Crippen molar-refractivity contribution in [1.82, 2.24) is 4.90 Å². The van der Waals surface area contributed by atoms with Crippen LogP contribution in [0.4, 0.5) is 11.4 Å². The smallest absolute Gasteiger partial charge is 0.279 e. The molecule has 0 aliphatic heterocycles. The Labute approximate surface area is 183 Å². The van der Waals surface area contributed by atoms with Crippen LogP contribution in [0.15, 0.2) is 48.5 Å². The summed E-state index contributed by atoms with van der Waals surface area (Å²) < 4.78 is 5.09. The summed E-state index contributed by atoms with van der Waals surface area (Å²) in [6, 6.07) is 13.9. The lowest BCUT2D eigenvalue weighted by Crippen LogP contribution is -3.11. The van der Waals surface area contributed by atoms with Crippen LogP contribution < -0.4 is 20.3 Å². The van der Waals surface area contributed by atoms with Crippen molar-refractivity contribution in [2.24, 2.45) is 0 Å². The molecule has 2 rings (SSSR count). The van der Waals surface area contributed by atoms with Gasteiger partial charge in [-0.1, -0.05) is 0 Å². The first-order chi connectivity index (χ1) is 14.9. The van der Waals surface area contributed by atoms with E-state index in [0.29, 0.717) is 35.8 Å². The van der Waals surface area contributed by atoms with E-state index >= 15 is 0 Å². The molecule has 8 heteroatoms. The highest BCUT2D eigenvalue weighted by atomic mass is 16.5. The molecule has 0 fully saturated rings. The van der Waals surface area contributed by atoms with Crippen molar-refractivity contribution in [3.63, 3.8) is 0 Å². The summed E-state index contributed by atoms with van der Waals surface area (Å²) in [4.78, 5) is 39.3. The van der Waals surface area contributed by atoms with Crippen LogP contribution in [0, 0.1) is 0 Å². The Hall–Kier alpha value is -3.39. The molecule has 0 bridgehead atoms. The van der Waals surface area contributed by atoms with Crippen LogP contribution in [-0.4, -0.2) is 63.0 Å². The van der Waals surface area contributed by atoms with Crippen LogP contribution >= 0.6 is 0 Å². The zero-order valence-electron chi connectivity index (χ0n) is 18.5. The summed E-state index contributed by atoms with van der Waals surface area (Å²) in [6.45, 7) is 5.45. The first kappa shape index (κ1) is 23.9. The van der Waals surface area contributed by atoms with Gasteiger partial charge in [-0.3, -0.25) is 14.4 Å². The minimum Gasteiger partial charge on any atom is -0.497 e. The number of nitrogens with zero attached hydrogens (tertiary/aromatic N) is 1. The predicted octanol–water partition coefficient (Wildman–Crippen LogP) is 1.27. The van der Waals surface area contributed by atoms with E-state index in [4.69, 9.17) is 4.74 Å². The molecule has 2 aromatic rings. The van der Waals surface area contributed by atoms with Crippen LogP contribution in [0.1, 0.15) is 24.2 Å². The van der Waals surface area contributed by atoms with Crippen LogP contribution in [0.25, 0.3) is 0 Å². The minimum atomic E-state index is -0.211. The van der Waals surface area contributed by atoms with Crippen LogP contribution in [0.2, 0.25) is 0 Å². The number of carbonyl (C=O) groups is 3.